The predicted molar refractivity (Wildman–Crippen MR) is 180 cm³/mol. The molecule has 0 aliphatic heterocycles. The molecule has 0 aliphatic carbocycles. The number of para-hydroxylation sites is 3. The van der Waals surface area contributed by atoms with Crippen molar-refractivity contribution < 1.29 is 4.42 Å². The standard InChI is InChI=1S/C40H24N2O/c1-2-13-27(14-3-1)41-35-24-26-12-5-4-11-25(26)23-31(35)28-21-22-34-39(40(28)41)29-15-6-8-17-32(29)42(34)33-18-10-20-37-38(33)30-16-7-9-19-36(30)43-37/h1-24H. The number of aromatic nitrogens is 2. The smallest absolute Gasteiger partial charge is 0.137 e. The van der Waals surface area contributed by atoms with E-state index < -0.39 is 0 Å². The molecule has 0 N–H and O–H groups in total. The molecule has 43 heavy (non-hydrogen) atoms. The highest BCUT2D eigenvalue weighted by molar-refractivity contribution is 6.27. The van der Waals surface area contributed by atoms with Gasteiger partial charge in [0.2, 0.25) is 0 Å². The van der Waals surface area contributed by atoms with Crippen LogP contribution in [0.1, 0.15) is 0 Å². The molecule has 0 amide bonds. The van der Waals surface area contributed by atoms with E-state index in [9.17, 15) is 0 Å². The fourth-order valence-electron chi connectivity index (χ4n) is 7.29. The summed E-state index contributed by atoms with van der Waals surface area (Å²) < 4.78 is 11.2. The van der Waals surface area contributed by atoms with E-state index in [4.69, 9.17) is 4.42 Å². The monoisotopic (exact) mass is 548 g/mol. The van der Waals surface area contributed by atoms with Gasteiger partial charge in [-0.15, -0.1) is 0 Å². The highest BCUT2D eigenvalue weighted by Gasteiger charge is 2.22. The van der Waals surface area contributed by atoms with Gasteiger partial charge in [-0.3, -0.25) is 0 Å². The maximum atomic E-state index is 6.32. The van der Waals surface area contributed by atoms with Gasteiger partial charge in [0.05, 0.1) is 33.1 Å². The van der Waals surface area contributed by atoms with Crippen molar-refractivity contribution in [2.24, 2.45) is 0 Å². The van der Waals surface area contributed by atoms with Gasteiger partial charge in [-0.25, -0.2) is 0 Å². The SMILES string of the molecule is c1ccc(-n2c3cc4ccccc4cc3c3ccc4c(c5ccccc5n4-c4cccc5oc6ccccc6c45)c32)cc1. The van der Waals surface area contributed by atoms with E-state index in [-0.39, 0.29) is 0 Å². The normalized spacial score (nSPS) is 12.2. The largest absolute Gasteiger partial charge is 0.456 e. The Kier molecular flexibility index (Phi) is 4.45. The van der Waals surface area contributed by atoms with Crippen LogP contribution in [0.15, 0.2) is 150 Å². The fraction of sp³-hybridized carbons (Fsp3) is 0. The Morgan fingerprint density at radius 1 is 0.395 bits per heavy atom. The quantitative estimate of drug-likeness (QED) is 0.211. The average Bonchev–Trinajstić information content (AvgIpc) is 3.71. The van der Waals surface area contributed by atoms with Gasteiger partial charge in [0, 0.05) is 32.6 Å². The van der Waals surface area contributed by atoms with Crippen molar-refractivity contribution in [1.82, 2.24) is 9.13 Å². The summed E-state index contributed by atoms with van der Waals surface area (Å²) in [6.07, 6.45) is 0. The summed E-state index contributed by atoms with van der Waals surface area (Å²) in [4.78, 5) is 0. The van der Waals surface area contributed by atoms with Crippen LogP contribution in [-0.4, -0.2) is 9.13 Å². The summed E-state index contributed by atoms with van der Waals surface area (Å²) in [6.45, 7) is 0. The van der Waals surface area contributed by atoms with Crippen LogP contribution in [0, 0.1) is 0 Å². The van der Waals surface area contributed by atoms with E-state index in [0.29, 0.717) is 0 Å². The summed E-state index contributed by atoms with van der Waals surface area (Å²) in [5.41, 5.74) is 8.89. The van der Waals surface area contributed by atoms with E-state index in [0.717, 1.165) is 33.3 Å². The Morgan fingerprint density at radius 3 is 2.00 bits per heavy atom. The molecule has 7 aromatic carbocycles. The first-order valence-corrected chi connectivity index (χ1v) is 14.7. The Morgan fingerprint density at radius 2 is 1.12 bits per heavy atom. The number of fused-ring (bicyclic) bond motifs is 11. The first-order chi connectivity index (χ1) is 21.3. The summed E-state index contributed by atoms with van der Waals surface area (Å²) >= 11 is 0. The molecule has 0 spiro atoms. The maximum absolute atomic E-state index is 6.32. The molecular weight excluding hydrogens is 524 g/mol. The van der Waals surface area contributed by atoms with Gasteiger partial charge in [0.25, 0.3) is 0 Å². The van der Waals surface area contributed by atoms with Crippen LogP contribution in [0.4, 0.5) is 0 Å². The highest BCUT2D eigenvalue weighted by atomic mass is 16.3. The molecule has 0 atom stereocenters. The van der Waals surface area contributed by atoms with Crippen molar-refractivity contribution in [1.29, 1.82) is 0 Å². The maximum Gasteiger partial charge on any atom is 0.137 e. The van der Waals surface area contributed by atoms with Crippen LogP contribution in [0.2, 0.25) is 0 Å². The Bertz CT molecular complexity index is 2720. The Balaban J connectivity index is 1.44. The molecule has 0 unspecified atom stereocenters. The van der Waals surface area contributed by atoms with Crippen LogP contribution >= 0.6 is 0 Å². The molecule has 3 aromatic heterocycles. The van der Waals surface area contributed by atoms with Crippen LogP contribution in [-0.2, 0) is 0 Å². The van der Waals surface area contributed by atoms with Gasteiger partial charge in [-0.1, -0.05) is 91.0 Å². The van der Waals surface area contributed by atoms with E-state index in [2.05, 4.69) is 149 Å². The zero-order valence-electron chi connectivity index (χ0n) is 23.2. The zero-order valence-corrected chi connectivity index (χ0v) is 23.2. The van der Waals surface area contributed by atoms with Crippen LogP contribution in [0.5, 0.6) is 0 Å². The lowest BCUT2D eigenvalue weighted by Crippen LogP contribution is -1.95. The van der Waals surface area contributed by atoms with Gasteiger partial charge < -0.3 is 13.6 Å². The first kappa shape index (κ1) is 22.8. The molecular formula is C40H24N2O. The second-order valence-corrected chi connectivity index (χ2v) is 11.3. The van der Waals surface area contributed by atoms with Crippen molar-refractivity contribution in [3.63, 3.8) is 0 Å². The molecule has 0 saturated heterocycles. The van der Waals surface area contributed by atoms with Gasteiger partial charge in [0.1, 0.15) is 11.2 Å². The van der Waals surface area contributed by atoms with E-state index in [1.165, 1.54) is 54.4 Å². The third kappa shape index (κ3) is 3.03. The summed E-state index contributed by atoms with van der Waals surface area (Å²) in [6, 6.07) is 52.3. The van der Waals surface area contributed by atoms with Crippen molar-refractivity contribution in [2.45, 2.75) is 0 Å². The summed E-state index contributed by atoms with van der Waals surface area (Å²) in [5.74, 6) is 0. The molecule has 0 fully saturated rings. The van der Waals surface area contributed by atoms with Crippen LogP contribution < -0.4 is 0 Å². The molecule has 3 nitrogen and oxygen atoms in total. The zero-order chi connectivity index (χ0) is 28.1. The molecule has 200 valence electrons. The minimum Gasteiger partial charge on any atom is -0.456 e. The molecule has 3 heterocycles. The van der Waals surface area contributed by atoms with Gasteiger partial charge in [-0.05, 0) is 65.4 Å². The van der Waals surface area contributed by atoms with Gasteiger partial charge in [-0.2, -0.15) is 0 Å². The van der Waals surface area contributed by atoms with Gasteiger partial charge in [0.15, 0.2) is 0 Å². The number of hydrogen-bond acceptors (Lipinski definition) is 1. The molecule has 10 rings (SSSR count). The third-order valence-electron chi connectivity index (χ3n) is 9.07. The second kappa shape index (κ2) is 8.37. The van der Waals surface area contributed by atoms with Crippen molar-refractivity contribution >= 4 is 76.3 Å². The van der Waals surface area contributed by atoms with Crippen LogP contribution in [0.25, 0.3) is 87.7 Å². The lowest BCUT2D eigenvalue weighted by molar-refractivity contribution is 0.669. The lowest BCUT2D eigenvalue weighted by Gasteiger charge is -2.11. The van der Waals surface area contributed by atoms with Crippen molar-refractivity contribution in [2.75, 3.05) is 0 Å². The van der Waals surface area contributed by atoms with Crippen molar-refractivity contribution in [3.8, 4) is 11.4 Å². The predicted octanol–water partition coefficient (Wildman–Crippen LogP) is 10.9. The van der Waals surface area contributed by atoms with Gasteiger partial charge >= 0.3 is 0 Å². The van der Waals surface area contributed by atoms with E-state index in [1.807, 2.05) is 6.07 Å². The minimum atomic E-state index is 0.899. The molecule has 10 aromatic rings. The minimum absolute atomic E-state index is 0.899. The highest BCUT2D eigenvalue weighted by Crippen LogP contribution is 2.44. The fourth-order valence-corrected chi connectivity index (χ4v) is 7.29. The molecule has 0 aliphatic rings. The summed E-state index contributed by atoms with van der Waals surface area (Å²) in [5, 5.41) is 9.77. The number of benzene rings is 7. The number of hydrogen-bond donors (Lipinski definition) is 0. The van der Waals surface area contributed by atoms with E-state index in [1.54, 1.807) is 0 Å². The topological polar surface area (TPSA) is 23.0 Å². The summed E-state index contributed by atoms with van der Waals surface area (Å²) in [7, 11) is 0. The average molecular weight is 549 g/mol. The number of nitrogens with zero attached hydrogens (tertiary/aromatic N) is 2. The second-order valence-electron chi connectivity index (χ2n) is 11.3. The van der Waals surface area contributed by atoms with Crippen molar-refractivity contribution in [3.05, 3.63) is 146 Å². The first-order valence-electron chi connectivity index (χ1n) is 14.7. The molecule has 0 radical (unpaired) electrons. The molecule has 3 heteroatoms. The van der Waals surface area contributed by atoms with E-state index >= 15 is 0 Å². The Hall–Kier alpha value is -5.80. The van der Waals surface area contributed by atoms with Crippen LogP contribution in [0.3, 0.4) is 0 Å². The lowest BCUT2D eigenvalue weighted by atomic mass is 10.0. The molecule has 0 bridgehead atoms. The molecule has 0 saturated carbocycles. The third-order valence-corrected chi connectivity index (χ3v) is 9.07. The Labute approximate surface area is 246 Å². The number of furan rings is 1. The number of rotatable bonds is 2.